The fraction of sp³-hybridized carbons (Fsp3) is 0.474. The maximum absolute atomic E-state index is 12.9. The first kappa shape index (κ1) is 37.3. The molecule has 0 radical (unpaired) electrons. The summed E-state index contributed by atoms with van der Waals surface area (Å²) in [5.74, 6) is 0.501. The number of hydrogen-bond acceptors (Lipinski definition) is 6. The Morgan fingerprint density at radius 1 is 0.652 bits per heavy atom. The van der Waals surface area contributed by atoms with Crippen molar-refractivity contribution in [1.29, 1.82) is 0 Å². The lowest BCUT2D eigenvalue weighted by molar-refractivity contribution is 0.0323. The van der Waals surface area contributed by atoms with E-state index in [1.807, 2.05) is 43.3 Å². The van der Waals surface area contributed by atoms with Crippen molar-refractivity contribution in [2.24, 2.45) is 0 Å². The summed E-state index contributed by atoms with van der Waals surface area (Å²) in [6.07, 6.45) is 7.22. The molecule has 0 aliphatic carbocycles. The van der Waals surface area contributed by atoms with Crippen LogP contribution in [0.4, 0.5) is 0 Å². The third-order valence-electron chi connectivity index (χ3n) is 7.68. The van der Waals surface area contributed by atoms with E-state index in [4.69, 9.17) is 18.3 Å². The van der Waals surface area contributed by atoms with Gasteiger partial charge in [0.25, 0.3) is 0 Å². The number of benzene rings is 3. The van der Waals surface area contributed by atoms with Crippen LogP contribution in [0.25, 0.3) is 11.1 Å². The van der Waals surface area contributed by atoms with Gasteiger partial charge in [-0.15, -0.1) is 0 Å². The molecule has 0 saturated heterocycles. The summed E-state index contributed by atoms with van der Waals surface area (Å²) in [4.78, 5) is 25.3. The van der Waals surface area contributed by atoms with Crippen LogP contribution in [-0.2, 0) is 8.85 Å². The standard InChI is InChI=1S/C38H54O6Si2/c1-9-11-14-34(15-12-28-46(7,8)44-45(4,5)6)42-35-26-22-33(23-27-35)38(40)43-36-24-20-31(21-25-36)30-16-18-32(19-17-30)37(39)41-29(3)13-10-2/h16-27,29,34H,9-15,28H2,1-8H3. The van der Waals surface area contributed by atoms with E-state index in [1.54, 1.807) is 36.4 Å². The monoisotopic (exact) mass is 662 g/mol. The Labute approximate surface area is 279 Å². The van der Waals surface area contributed by atoms with Gasteiger partial charge < -0.3 is 18.3 Å². The van der Waals surface area contributed by atoms with Gasteiger partial charge in [0.05, 0.1) is 23.3 Å². The minimum Gasteiger partial charge on any atom is -0.490 e. The van der Waals surface area contributed by atoms with E-state index in [9.17, 15) is 9.59 Å². The van der Waals surface area contributed by atoms with Gasteiger partial charge in [-0.2, -0.15) is 0 Å². The number of hydrogen-bond donors (Lipinski definition) is 0. The van der Waals surface area contributed by atoms with E-state index in [2.05, 4.69) is 46.6 Å². The van der Waals surface area contributed by atoms with Gasteiger partial charge in [-0.25, -0.2) is 9.59 Å². The molecular weight excluding hydrogens is 609 g/mol. The minimum atomic E-state index is -1.68. The smallest absolute Gasteiger partial charge is 0.343 e. The van der Waals surface area contributed by atoms with Gasteiger partial charge in [0.15, 0.2) is 16.6 Å². The highest BCUT2D eigenvalue weighted by atomic mass is 28.4. The van der Waals surface area contributed by atoms with Crippen LogP contribution in [0.2, 0.25) is 38.8 Å². The van der Waals surface area contributed by atoms with E-state index in [0.29, 0.717) is 16.9 Å². The normalized spacial score (nSPS) is 13.1. The topological polar surface area (TPSA) is 71.1 Å². The van der Waals surface area contributed by atoms with Crippen molar-refractivity contribution < 1.29 is 27.9 Å². The molecule has 0 aliphatic heterocycles. The van der Waals surface area contributed by atoms with Gasteiger partial charge in [0.2, 0.25) is 0 Å². The summed E-state index contributed by atoms with van der Waals surface area (Å²) >= 11 is 0. The summed E-state index contributed by atoms with van der Waals surface area (Å²) in [5.41, 5.74) is 2.90. The summed E-state index contributed by atoms with van der Waals surface area (Å²) in [5, 5.41) is 0. The van der Waals surface area contributed by atoms with Crippen molar-refractivity contribution in [3.63, 3.8) is 0 Å². The second kappa shape index (κ2) is 17.6. The van der Waals surface area contributed by atoms with Crippen LogP contribution in [0.1, 0.15) is 86.4 Å². The van der Waals surface area contributed by atoms with Crippen molar-refractivity contribution in [3.8, 4) is 22.6 Å². The zero-order chi connectivity index (χ0) is 33.7. The molecular formula is C38H54O6Si2. The summed E-state index contributed by atoms with van der Waals surface area (Å²) in [6, 6.07) is 23.0. The summed E-state index contributed by atoms with van der Waals surface area (Å²) in [7, 11) is -3.21. The molecule has 8 heteroatoms. The molecule has 46 heavy (non-hydrogen) atoms. The van der Waals surface area contributed by atoms with E-state index in [1.165, 1.54) is 0 Å². The van der Waals surface area contributed by atoms with Crippen molar-refractivity contribution in [3.05, 3.63) is 83.9 Å². The predicted octanol–water partition coefficient (Wildman–Crippen LogP) is 10.7. The Hall–Kier alpha value is -3.21. The molecule has 0 amide bonds. The highest BCUT2D eigenvalue weighted by Crippen LogP contribution is 2.26. The Morgan fingerprint density at radius 3 is 1.74 bits per heavy atom. The van der Waals surface area contributed by atoms with Crippen LogP contribution in [-0.4, -0.2) is 40.8 Å². The summed E-state index contributed by atoms with van der Waals surface area (Å²) in [6.45, 7) is 17.6. The largest absolute Gasteiger partial charge is 0.490 e. The van der Waals surface area contributed by atoms with Crippen LogP contribution in [0.15, 0.2) is 72.8 Å². The quantitative estimate of drug-likeness (QED) is 0.0767. The predicted molar refractivity (Wildman–Crippen MR) is 193 cm³/mol. The Kier molecular flexibility index (Phi) is 14.3. The fourth-order valence-electron chi connectivity index (χ4n) is 5.59. The van der Waals surface area contributed by atoms with Crippen molar-refractivity contribution in [1.82, 2.24) is 0 Å². The molecule has 3 aromatic carbocycles. The van der Waals surface area contributed by atoms with Crippen molar-refractivity contribution in [2.45, 2.75) is 117 Å². The van der Waals surface area contributed by atoms with Crippen LogP contribution < -0.4 is 9.47 Å². The maximum Gasteiger partial charge on any atom is 0.343 e. The molecule has 2 atom stereocenters. The number of rotatable bonds is 18. The highest BCUT2D eigenvalue weighted by molar-refractivity contribution is 6.84. The third kappa shape index (κ3) is 12.9. The number of ether oxygens (including phenoxy) is 3. The molecule has 250 valence electrons. The van der Waals surface area contributed by atoms with Crippen molar-refractivity contribution in [2.75, 3.05) is 0 Å². The van der Waals surface area contributed by atoms with Crippen LogP contribution >= 0.6 is 0 Å². The van der Waals surface area contributed by atoms with Gasteiger partial charge in [0.1, 0.15) is 11.5 Å². The molecule has 6 nitrogen and oxygen atoms in total. The van der Waals surface area contributed by atoms with Gasteiger partial charge in [0, 0.05) is 0 Å². The second-order valence-corrected chi connectivity index (χ2v) is 22.8. The minimum absolute atomic E-state index is 0.101. The van der Waals surface area contributed by atoms with Gasteiger partial charge in [-0.1, -0.05) is 63.8 Å². The summed E-state index contributed by atoms with van der Waals surface area (Å²) < 4.78 is 24.0. The van der Waals surface area contributed by atoms with E-state index >= 15 is 0 Å². The van der Waals surface area contributed by atoms with Gasteiger partial charge >= 0.3 is 11.9 Å². The first-order valence-electron chi connectivity index (χ1n) is 16.9. The molecule has 3 aromatic rings. The zero-order valence-electron chi connectivity index (χ0n) is 29.2. The second-order valence-electron chi connectivity index (χ2n) is 13.8. The Bertz CT molecular complexity index is 1360. The molecule has 3 rings (SSSR count). The molecule has 0 saturated carbocycles. The number of unbranched alkanes of at least 4 members (excludes halogenated alkanes) is 1. The number of esters is 2. The molecule has 0 heterocycles. The lowest BCUT2D eigenvalue weighted by Gasteiger charge is -2.32. The number of carbonyl (C=O) groups excluding carboxylic acids is 2. The molecule has 0 N–H and O–H groups in total. The molecule has 0 aliphatic rings. The first-order valence-corrected chi connectivity index (χ1v) is 23.4. The van der Waals surface area contributed by atoms with E-state index < -0.39 is 22.6 Å². The lowest BCUT2D eigenvalue weighted by Crippen LogP contribution is -2.42. The maximum atomic E-state index is 12.9. The van der Waals surface area contributed by atoms with Crippen LogP contribution in [0, 0.1) is 0 Å². The Balaban J connectivity index is 1.54. The van der Waals surface area contributed by atoms with Gasteiger partial charge in [-0.3, -0.25) is 0 Å². The highest BCUT2D eigenvalue weighted by Gasteiger charge is 2.29. The van der Waals surface area contributed by atoms with E-state index in [0.717, 1.165) is 67.9 Å². The third-order valence-corrected chi connectivity index (χ3v) is 13.9. The zero-order valence-corrected chi connectivity index (χ0v) is 31.2. The SMILES string of the molecule is CCCCC(CCC[Si](C)(C)O[Si](C)(C)C)Oc1ccc(C(=O)Oc2ccc(-c3ccc(C(=O)OC(C)CCC)cc3)cc2)cc1. The molecule has 0 aromatic heterocycles. The lowest BCUT2D eigenvalue weighted by atomic mass is 10.0. The average molecular weight is 663 g/mol. The average Bonchev–Trinajstić information content (AvgIpc) is 2.99. The molecule has 0 bridgehead atoms. The molecule has 2 unspecified atom stereocenters. The van der Waals surface area contributed by atoms with Crippen LogP contribution in [0.5, 0.6) is 11.5 Å². The first-order chi connectivity index (χ1) is 21.8. The van der Waals surface area contributed by atoms with Crippen molar-refractivity contribution >= 4 is 28.6 Å². The Morgan fingerprint density at radius 2 is 1.17 bits per heavy atom. The van der Waals surface area contributed by atoms with Gasteiger partial charge in [-0.05, 0) is 125 Å². The fourth-order valence-corrected chi connectivity index (χ4v) is 13.7. The number of carbonyl (C=O) groups is 2. The van der Waals surface area contributed by atoms with E-state index in [-0.39, 0.29) is 18.2 Å². The molecule has 0 fully saturated rings. The van der Waals surface area contributed by atoms with Crippen LogP contribution in [0.3, 0.4) is 0 Å². The molecule has 0 spiro atoms.